The van der Waals surface area contributed by atoms with E-state index in [0.29, 0.717) is 44.4 Å². The summed E-state index contributed by atoms with van der Waals surface area (Å²) in [7, 11) is 0. The van der Waals surface area contributed by atoms with E-state index in [1.54, 1.807) is 48.5 Å². The minimum absolute atomic E-state index is 0.195. The molecule has 4 rings (SSSR count). The summed E-state index contributed by atoms with van der Waals surface area (Å²) in [6.07, 6.45) is 4.63. The second kappa shape index (κ2) is 11.1. The van der Waals surface area contributed by atoms with Gasteiger partial charge in [0.1, 0.15) is 30.3 Å². The summed E-state index contributed by atoms with van der Waals surface area (Å²) in [4.78, 5) is 20.6. The number of hydrogen-bond donors (Lipinski definition) is 2. The van der Waals surface area contributed by atoms with Crippen LogP contribution >= 0.6 is 27.5 Å². The number of anilines is 3. The van der Waals surface area contributed by atoms with Crippen molar-refractivity contribution in [2.45, 2.75) is 6.61 Å². The van der Waals surface area contributed by atoms with E-state index in [0.717, 1.165) is 5.39 Å². The first-order valence-corrected chi connectivity index (χ1v) is 11.7. The van der Waals surface area contributed by atoms with Gasteiger partial charge in [0.05, 0.1) is 10.5 Å². The fourth-order valence-electron chi connectivity index (χ4n) is 3.19. The Hall–Kier alpha value is -3.49. The molecule has 0 saturated carbocycles. The number of halogens is 3. The highest BCUT2D eigenvalue weighted by Crippen LogP contribution is 2.31. The minimum Gasteiger partial charge on any atom is -0.487 e. The molecule has 0 aliphatic rings. The number of nitrogens with zero attached hydrogens (tertiary/aromatic N) is 2. The van der Waals surface area contributed by atoms with Crippen LogP contribution in [0.25, 0.3) is 10.9 Å². The predicted octanol–water partition coefficient (Wildman–Crippen LogP) is 6.63. The van der Waals surface area contributed by atoms with Gasteiger partial charge in [-0.2, -0.15) is 0 Å². The largest absolute Gasteiger partial charge is 0.487 e. The Morgan fingerprint density at radius 3 is 2.74 bits per heavy atom. The molecule has 9 heteroatoms. The van der Waals surface area contributed by atoms with Gasteiger partial charge in [-0.25, -0.2) is 14.4 Å². The van der Waals surface area contributed by atoms with Crippen LogP contribution in [0.5, 0.6) is 5.75 Å². The highest BCUT2D eigenvalue weighted by atomic mass is 79.9. The Morgan fingerprint density at radius 2 is 1.94 bits per heavy atom. The summed E-state index contributed by atoms with van der Waals surface area (Å²) in [6, 6.07) is 16.8. The molecule has 6 nitrogen and oxygen atoms in total. The van der Waals surface area contributed by atoms with Crippen molar-refractivity contribution in [2.24, 2.45) is 0 Å². The van der Waals surface area contributed by atoms with Crippen molar-refractivity contribution < 1.29 is 13.9 Å². The highest BCUT2D eigenvalue weighted by Gasteiger charge is 2.09. The number of hydrogen-bond acceptors (Lipinski definition) is 5. The van der Waals surface area contributed by atoms with Gasteiger partial charge in [0, 0.05) is 28.2 Å². The van der Waals surface area contributed by atoms with Crippen LogP contribution in [0.3, 0.4) is 0 Å². The van der Waals surface area contributed by atoms with Gasteiger partial charge in [-0.15, -0.1) is 0 Å². The molecular formula is C25H19BrClFN4O2. The van der Waals surface area contributed by atoms with Crippen LogP contribution in [0.1, 0.15) is 5.56 Å². The molecule has 0 spiro atoms. The van der Waals surface area contributed by atoms with Crippen molar-refractivity contribution in [1.82, 2.24) is 9.97 Å². The fourth-order valence-corrected chi connectivity index (χ4v) is 3.61. The molecule has 172 valence electrons. The third kappa shape index (κ3) is 6.09. The lowest BCUT2D eigenvalue weighted by Gasteiger charge is -2.12. The molecule has 1 amide bonds. The summed E-state index contributed by atoms with van der Waals surface area (Å²) in [5, 5.41) is 7.77. The number of rotatable bonds is 8. The maximum Gasteiger partial charge on any atom is 0.248 e. The van der Waals surface area contributed by atoms with Gasteiger partial charge in [0.2, 0.25) is 5.91 Å². The SMILES string of the molecule is O=C(C=CCBr)Nc1ccc2ncnc(Nc3ccc(OCc4cccc(F)c4)c(Cl)c3)c2c1. The molecule has 1 heterocycles. The molecule has 0 aliphatic carbocycles. The molecule has 0 aliphatic heterocycles. The predicted molar refractivity (Wildman–Crippen MR) is 137 cm³/mol. The van der Waals surface area contributed by atoms with Gasteiger partial charge in [-0.05, 0) is 54.1 Å². The molecule has 0 saturated heterocycles. The zero-order chi connectivity index (χ0) is 23.9. The first kappa shape index (κ1) is 23.7. The van der Waals surface area contributed by atoms with Gasteiger partial charge >= 0.3 is 0 Å². The number of nitrogens with one attached hydrogen (secondary N) is 2. The van der Waals surface area contributed by atoms with E-state index in [4.69, 9.17) is 16.3 Å². The number of fused-ring (bicyclic) bond motifs is 1. The molecule has 1 aromatic heterocycles. The maximum absolute atomic E-state index is 13.4. The summed E-state index contributed by atoms with van der Waals surface area (Å²) in [6.45, 7) is 0.195. The zero-order valence-electron chi connectivity index (χ0n) is 17.8. The standard InChI is InChI=1S/C25H19BrClFN4O2/c26-10-2-5-24(33)31-18-6-8-22-20(12-18)25(30-15-29-22)32-19-7-9-23(21(27)13-19)34-14-16-3-1-4-17(28)11-16/h1-9,11-13,15H,10,14H2,(H,31,33)(H,29,30,32). The van der Waals surface area contributed by atoms with Crippen LogP contribution in [0, 0.1) is 5.82 Å². The van der Waals surface area contributed by atoms with E-state index in [9.17, 15) is 9.18 Å². The van der Waals surface area contributed by atoms with Crippen molar-refractivity contribution in [3.63, 3.8) is 0 Å². The molecule has 0 bridgehead atoms. The topological polar surface area (TPSA) is 76.1 Å². The summed E-state index contributed by atoms with van der Waals surface area (Å²) in [5.41, 5.74) is 2.73. The Balaban J connectivity index is 1.51. The highest BCUT2D eigenvalue weighted by molar-refractivity contribution is 9.09. The summed E-state index contributed by atoms with van der Waals surface area (Å²) < 4.78 is 19.1. The normalized spacial score (nSPS) is 11.0. The lowest BCUT2D eigenvalue weighted by molar-refractivity contribution is -0.111. The van der Waals surface area contributed by atoms with Gasteiger partial charge in [0.25, 0.3) is 0 Å². The minimum atomic E-state index is -0.318. The van der Waals surface area contributed by atoms with E-state index in [1.807, 2.05) is 6.07 Å². The number of alkyl halides is 1. The van der Waals surface area contributed by atoms with Gasteiger partial charge < -0.3 is 15.4 Å². The van der Waals surface area contributed by atoms with E-state index in [1.165, 1.54) is 24.5 Å². The number of aromatic nitrogens is 2. The molecule has 4 aromatic rings. The first-order valence-electron chi connectivity index (χ1n) is 10.2. The zero-order valence-corrected chi connectivity index (χ0v) is 20.1. The number of allylic oxidation sites excluding steroid dienone is 1. The van der Waals surface area contributed by atoms with Crippen LogP contribution in [-0.2, 0) is 11.4 Å². The van der Waals surface area contributed by atoms with Gasteiger partial charge in [-0.1, -0.05) is 45.7 Å². The monoisotopic (exact) mass is 540 g/mol. The molecule has 2 N–H and O–H groups in total. The fraction of sp³-hybridized carbons (Fsp3) is 0.0800. The van der Waals surface area contributed by atoms with Crippen LogP contribution in [-0.4, -0.2) is 21.2 Å². The van der Waals surface area contributed by atoms with Crippen molar-refractivity contribution >= 4 is 61.5 Å². The van der Waals surface area contributed by atoms with Crippen molar-refractivity contribution in [2.75, 3.05) is 16.0 Å². The number of carbonyl (C=O) groups excluding carboxylic acids is 1. The number of benzene rings is 3. The number of amides is 1. The number of carbonyl (C=O) groups is 1. The average Bonchev–Trinajstić information content (AvgIpc) is 2.83. The average molecular weight is 542 g/mol. The molecule has 0 unspecified atom stereocenters. The van der Waals surface area contributed by atoms with Crippen molar-refractivity contribution in [1.29, 1.82) is 0 Å². The maximum atomic E-state index is 13.4. The lowest BCUT2D eigenvalue weighted by atomic mass is 10.2. The third-order valence-corrected chi connectivity index (χ3v) is 5.41. The Morgan fingerprint density at radius 1 is 1.09 bits per heavy atom. The van der Waals surface area contributed by atoms with Crippen LogP contribution in [0.2, 0.25) is 5.02 Å². The molecule has 0 fully saturated rings. The van der Waals surface area contributed by atoms with Gasteiger partial charge in [0.15, 0.2) is 0 Å². The van der Waals surface area contributed by atoms with E-state index >= 15 is 0 Å². The van der Waals surface area contributed by atoms with Crippen molar-refractivity contribution in [3.05, 3.63) is 95.5 Å². The van der Waals surface area contributed by atoms with Crippen molar-refractivity contribution in [3.8, 4) is 5.75 Å². The molecule has 34 heavy (non-hydrogen) atoms. The summed E-state index contributed by atoms with van der Waals surface area (Å²) >= 11 is 9.65. The Bertz CT molecular complexity index is 1370. The Kier molecular flexibility index (Phi) is 7.72. The van der Waals surface area contributed by atoms with Crippen LogP contribution < -0.4 is 15.4 Å². The number of ether oxygens (including phenoxy) is 1. The third-order valence-electron chi connectivity index (χ3n) is 4.74. The second-order valence-electron chi connectivity index (χ2n) is 7.19. The molecule has 0 radical (unpaired) electrons. The quantitative estimate of drug-likeness (QED) is 0.193. The first-order chi connectivity index (χ1) is 16.5. The lowest BCUT2D eigenvalue weighted by Crippen LogP contribution is -2.08. The van der Waals surface area contributed by atoms with Crippen LogP contribution in [0.15, 0.2) is 79.1 Å². The molecule has 3 aromatic carbocycles. The van der Waals surface area contributed by atoms with Crippen LogP contribution in [0.4, 0.5) is 21.6 Å². The van der Waals surface area contributed by atoms with E-state index < -0.39 is 0 Å². The van der Waals surface area contributed by atoms with Gasteiger partial charge in [-0.3, -0.25) is 4.79 Å². The second-order valence-corrected chi connectivity index (χ2v) is 8.24. The van der Waals surface area contributed by atoms with E-state index in [2.05, 4.69) is 36.5 Å². The Labute approximate surface area is 209 Å². The van der Waals surface area contributed by atoms with E-state index in [-0.39, 0.29) is 18.3 Å². The molecule has 0 atom stereocenters. The smallest absolute Gasteiger partial charge is 0.248 e. The summed E-state index contributed by atoms with van der Waals surface area (Å²) in [5.74, 6) is 0.486. The molecular weight excluding hydrogens is 523 g/mol.